The molecule has 2 amide bonds. The van der Waals surface area contributed by atoms with E-state index in [4.69, 9.17) is 4.74 Å². The molecular weight excluding hydrogens is 504 g/mol. The second kappa shape index (κ2) is 10.9. The highest BCUT2D eigenvalue weighted by molar-refractivity contribution is 7.89. The van der Waals surface area contributed by atoms with Crippen molar-refractivity contribution in [2.45, 2.75) is 45.5 Å². The average molecular weight is 539 g/mol. The first kappa shape index (κ1) is 26.4. The van der Waals surface area contributed by atoms with Crippen LogP contribution in [0.4, 0.5) is 0 Å². The van der Waals surface area contributed by atoms with Crippen molar-refractivity contribution in [3.05, 3.63) is 77.0 Å². The summed E-state index contributed by atoms with van der Waals surface area (Å²) in [5.41, 5.74) is 4.26. The number of piperazine rings is 1. The van der Waals surface area contributed by atoms with Crippen LogP contribution in [0.25, 0.3) is 0 Å². The van der Waals surface area contributed by atoms with Gasteiger partial charge in [-0.15, -0.1) is 0 Å². The van der Waals surface area contributed by atoms with Crippen molar-refractivity contribution in [3.8, 4) is 5.75 Å². The van der Waals surface area contributed by atoms with Crippen molar-refractivity contribution in [1.82, 2.24) is 19.4 Å². The molecule has 10 heteroatoms. The summed E-state index contributed by atoms with van der Waals surface area (Å²) in [7, 11) is -3.12. The van der Waals surface area contributed by atoms with E-state index in [0.717, 1.165) is 36.3 Å². The number of carbonyl (C=O) groups is 2. The Labute approximate surface area is 224 Å². The summed E-state index contributed by atoms with van der Waals surface area (Å²) in [5.74, 6) is 0.474. The summed E-state index contributed by atoms with van der Waals surface area (Å²) < 4.78 is 31.9. The Hall–Kier alpha value is -3.21. The van der Waals surface area contributed by atoms with E-state index in [-0.39, 0.29) is 17.6 Å². The van der Waals surface area contributed by atoms with Crippen LogP contribution in [0.15, 0.2) is 54.7 Å². The van der Waals surface area contributed by atoms with Gasteiger partial charge in [0.15, 0.2) is 0 Å². The summed E-state index contributed by atoms with van der Waals surface area (Å²) in [6, 6.07) is 13.2. The van der Waals surface area contributed by atoms with Crippen molar-refractivity contribution in [3.63, 3.8) is 0 Å². The number of carbonyl (C=O) groups excluding carboxylic acids is 2. The van der Waals surface area contributed by atoms with Crippen molar-refractivity contribution in [2.75, 3.05) is 31.9 Å². The number of nitrogens with zero attached hydrogens (tertiary/aromatic N) is 3. The highest BCUT2D eigenvalue weighted by atomic mass is 32.2. The lowest BCUT2D eigenvalue weighted by Gasteiger charge is -2.33. The molecule has 2 fully saturated rings. The smallest absolute Gasteiger partial charge is 0.255 e. The zero-order chi connectivity index (χ0) is 26.9. The van der Waals surface area contributed by atoms with Crippen LogP contribution >= 0.6 is 0 Å². The Morgan fingerprint density at radius 1 is 1.03 bits per heavy atom. The maximum Gasteiger partial charge on any atom is 0.255 e. The normalized spacial score (nSPS) is 20.9. The minimum Gasteiger partial charge on any atom is -0.489 e. The van der Waals surface area contributed by atoms with Gasteiger partial charge in [0, 0.05) is 49.5 Å². The van der Waals surface area contributed by atoms with E-state index in [1.54, 1.807) is 22.2 Å². The third-order valence-electron chi connectivity index (χ3n) is 7.56. The minimum atomic E-state index is -3.12. The summed E-state index contributed by atoms with van der Waals surface area (Å²) >= 11 is 0. The molecule has 1 unspecified atom stereocenters. The number of hydrogen-bond acceptors (Lipinski definition) is 6. The van der Waals surface area contributed by atoms with Crippen LogP contribution in [0.5, 0.6) is 5.75 Å². The molecule has 0 bridgehead atoms. The fraction of sp³-hybridized carbons (Fsp3) is 0.429. The highest BCUT2D eigenvalue weighted by Crippen LogP contribution is 2.34. The molecule has 0 spiro atoms. The van der Waals surface area contributed by atoms with Gasteiger partial charge in [-0.2, -0.15) is 4.31 Å². The Morgan fingerprint density at radius 2 is 1.74 bits per heavy atom. The zero-order valence-electron chi connectivity index (χ0n) is 21.7. The highest BCUT2D eigenvalue weighted by Gasteiger charge is 2.39. The van der Waals surface area contributed by atoms with Gasteiger partial charge < -0.3 is 15.0 Å². The van der Waals surface area contributed by atoms with Gasteiger partial charge in [-0.25, -0.2) is 8.42 Å². The largest absolute Gasteiger partial charge is 0.489 e. The van der Waals surface area contributed by atoms with Gasteiger partial charge in [-0.1, -0.05) is 36.9 Å². The minimum absolute atomic E-state index is 0.143. The first-order valence-electron chi connectivity index (χ1n) is 13.1. The quantitative estimate of drug-likeness (QED) is 0.555. The molecule has 0 radical (unpaired) electrons. The monoisotopic (exact) mass is 538 g/mol. The number of amides is 2. The lowest BCUT2D eigenvalue weighted by molar-refractivity contribution is -0.126. The molecule has 3 aliphatic rings. The second-order valence-electron chi connectivity index (χ2n) is 10.0. The van der Waals surface area contributed by atoms with E-state index in [0.29, 0.717) is 56.1 Å². The van der Waals surface area contributed by atoms with Crippen LogP contribution < -0.4 is 10.1 Å². The number of sulfonamides is 1. The predicted molar refractivity (Wildman–Crippen MR) is 144 cm³/mol. The Kier molecular flexibility index (Phi) is 7.56. The Morgan fingerprint density at radius 3 is 2.42 bits per heavy atom. The molecule has 0 aliphatic carbocycles. The van der Waals surface area contributed by atoms with Crippen LogP contribution in [0.2, 0.25) is 0 Å². The molecule has 0 saturated carbocycles. The fourth-order valence-corrected chi connectivity index (χ4v) is 6.37. The topological polar surface area (TPSA) is 99.3 Å². The van der Waals surface area contributed by atoms with Gasteiger partial charge in [0.2, 0.25) is 15.9 Å². The SMILES string of the molecule is C=C1CCC(N2Cc3c(OCc4ccc(CN5CCN(S(=O)(=O)CC)CC5)cc4)cccc3C2=O)C(=O)N1. The van der Waals surface area contributed by atoms with Gasteiger partial charge in [-0.05, 0) is 43.0 Å². The van der Waals surface area contributed by atoms with E-state index in [9.17, 15) is 18.0 Å². The molecule has 2 aromatic rings. The summed E-state index contributed by atoms with van der Waals surface area (Å²) in [5, 5.41) is 2.77. The molecule has 3 heterocycles. The van der Waals surface area contributed by atoms with Crippen LogP contribution in [0, 0.1) is 0 Å². The molecule has 9 nitrogen and oxygen atoms in total. The molecule has 2 saturated heterocycles. The third kappa shape index (κ3) is 5.48. The van der Waals surface area contributed by atoms with E-state index in [2.05, 4.69) is 28.9 Å². The van der Waals surface area contributed by atoms with Gasteiger partial charge in [0.25, 0.3) is 5.91 Å². The lowest BCUT2D eigenvalue weighted by Crippen LogP contribution is -2.49. The van der Waals surface area contributed by atoms with Crippen LogP contribution in [-0.2, 0) is 34.5 Å². The maximum atomic E-state index is 13.1. The number of rotatable bonds is 8. The van der Waals surface area contributed by atoms with E-state index in [1.165, 1.54) is 0 Å². The van der Waals surface area contributed by atoms with Crippen LogP contribution in [0.1, 0.15) is 46.8 Å². The maximum absolute atomic E-state index is 13.1. The van der Waals surface area contributed by atoms with Crippen molar-refractivity contribution >= 4 is 21.8 Å². The Bertz CT molecular complexity index is 1330. The number of ether oxygens (including phenoxy) is 1. The molecule has 5 rings (SSSR count). The fourth-order valence-electron chi connectivity index (χ4n) is 5.28. The van der Waals surface area contributed by atoms with E-state index < -0.39 is 16.1 Å². The molecule has 2 aromatic carbocycles. The number of fused-ring (bicyclic) bond motifs is 1. The molecule has 0 aromatic heterocycles. The third-order valence-corrected chi connectivity index (χ3v) is 9.45. The number of nitrogens with one attached hydrogen (secondary N) is 1. The molecule has 1 atom stereocenters. The first-order chi connectivity index (χ1) is 18.2. The average Bonchev–Trinajstić information content (AvgIpc) is 3.25. The van der Waals surface area contributed by atoms with Gasteiger partial charge in [0.1, 0.15) is 18.4 Å². The number of allylic oxidation sites excluding steroid dienone is 1. The predicted octanol–water partition coefficient (Wildman–Crippen LogP) is 2.48. The van der Waals surface area contributed by atoms with E-state index >= 15 is 0 Å². The summed E-state index contributed by atoms with van der Waals surface area (Å²) in [4.78, 5) is 29.4. The number of piperidine rings is 1. The van der Waals surface area contributed by atoms with Gasteiger partial charge >= 0.3 is 0 Å². The summed E-state index contributed by atoms with van der Waals surface area (Å²) in [6.07, 6.45) is 1.23. The summed E-state index contributed by atoms with van der Waals surface area (Å²) in [6.45, 7) is 9.49. The molecule has 1 N–H and O–H groups in total. The van der Waals surface area contributed by atoms with E-state index in [1.807, 2.05) is 24.3 Å². The van der Waals surface area contributed by atoms with Gasteiger partial charge in [-0.3, -0.25) is 14.5 Å². The molecule has 202 valence electrons. The number of benzene rings is 2. The first-order valence-corrected chi connectivity index (χ1v) is 14.7. The number of hydrogen-bond donors (Lipinski definition) is 1. The van der Waals surface area contributed by atoms with Gasteiger partial charge in [0.05, 0.1) is 12.3 Å². The van der Waals surface area contributed by atoms with Crippen molar-refractivity contribution in [1.29, 1.82) is 0 Å². The van der Waals surface area contributed by atoms with Crippen LogP contribution in [-0.4, -0.2) is 72.3 Å². The Balaban J connectivity index is 1.17. The van der Waals surface area contributed by atoms with Crippen LogP contribution in [0.3, 0.4) is 0 Å². The molecular formula is C28H34N4O5S. The molecule has 3 aliphatic heterocycles. The van der Waals surface area contributed by atoms with Crippen molar-refractivity contribution in [2.24, 2.45) is 0 Å². The second-order valence-corrected chi connectivity index (χ2v) is 12.3. The lowest BCUT2D eigenvalue weighted by atomic mass is 10.0. The molecule has 38 heavy (non-hydrogen) atoms. The standard InChI is InChI=1S/C28H34N4O5S/c1-3-38(35,36)31-15-13-30(14-16-31)17-21-8-10-22(11-9-21)19-37-26-6-4-5-23-24(26)18-32(28(23)34)25-12-7-20(2)29-27(25)33/h4-6,8-11,25H,2-3,7,12-19H2,1H3,(H,29,33). The van der Waals surface area contributed by atoms with Crippen molar-refractivity contribution < 1.29 is 22.7 Å². The zero-order valence-corrected chi connectivity index (χ0v) is 22.5.